The smallest absolute Gasteiger partial charge is 0.240 e. The van der Waals surface area contributed by atoms with Crippen LogP contribution in [0, 0.1) is 5.92 Å². The van der Waals surface area contributed by atoms with Gasteiger partial charge in [0.25, 0.3) is 0 Å². The lowest BCUT2D eigenvalue weighted by atomic mass is 10.2. The Morgan fingerprint density at radius 3 is 2.44 bits per heavy atom. The van der Waals surface area contributed by atoms with Crippen LogP contribution in [0.25, 0.3) is 0 Å². The van der Waals surface area contributed by atoms with Crippen LogP contribution in [0.3, 0.4) is 0 Å². The largest absolute Gasteiger partial charge is 0.369 e. The number of piperazine rings is 1. The van der Waals surface area contributed by atoms with Gasteiger partial charge in [0.1, 0.15) is 0 Å². The van der Waals surface area contributed by atoms with E-state index in [4.69, 9.17) is 0 Å². The third kappa shape index (κ3) is 4.53. The maximum atomic E-state index is 12.8. The summed E-state index contributed by atoms with van der Waals surface area (Å²) in [5.41, 5.74) is 3.05. The average Bonchev–Trinajstić information content (AvgIpc) is 3.58. The normalized spacial score (nSPS) is 19.2. The molecule has 7 nitrogen and oxygen atoms in total. The molecule has 0 atom stereocenters. The van der Waals surface area contributed by atoms with Crippen LogP contribution in [0.4, 0.5) is 11.4 Å². The van der Waals surface area contributed by atoms with Crippen LogP contribution in [-0.4, -0.2) is 65.0 Å². The molecule has 2 aliphatic heterocycles. The van der Waals surface area contributed by atoms with Gasteiger partial charge in [0.2, 0.25) is 15.9 Å². The monoisotopic (exact) mass is 454 g/mol. The molecule has 3 aliphatic rings. The number of fused-ring (bicyclic) bond motifs is 1. The fraction of sp³-hybridized carbons (Fsp3) is 0.458. The standard InChI is InChI=1S/C24H30N4O3S/c29-24(19-6-7-19)28-12-10-20-18-22(8-9-23(20)28)32(30,31)25-11-13-26-14-16-27(17-15-26)21-4-2-1-3-5-21/h1-5,8-9,18-19,25H,6-7,10-17H2. The number of para-hydroxylation sites is 1. The van der Waals surface area contributed by atoms with E-state index in [1.807, 2.05) is 11.0 Å². The van der Waals surface area contributed by atoms with Gasteiger partial charge in [-0.1, -0.05) is 18.2 Å². The number of benzene rings is 2. The molecule has 1 N–H and O–H groups in total. The van der Waals surface area contributed by atoms with Crippen molar-refractivity contribution in [1.29, 1.82) is 0 Å². The molecule has 1 saturated carbocycles. The predicted molar refractivity (Wildman–Crippen MR) is 126 cm³/mol. The van der Waals surface area contributed by atoms with Crippen molar-refractivity contribution in [2.75, 3.05) is 55.6 Å². The molecule has 2 heterocycles. The first kappa shape index (κ1) is 21.4. The zero-order chi connectivity index (χ0) is 22.1. The average molecular weight is 455 g/mol. The highest BCUT2D eigenvalue weighted by atomic mass is 32.2. The molecule has 0 unspecified atom stereocenters. The molecule has 5 rings (SSSR count). The van der Waals surface area contributed by atoms with Gasteiger partial charge >= 0.3 is 0 Å². The van der Waals surface area contributed by atoms with E-state index in [2.05, 4.69) is 38.8 Å². The first-order valence-corrected chi connectivity index (χ1v) is 13.0. The van der Waals surface area contributed by atoms with Crippen molar-refractivity contribution in [2.24, 2.45) is 5.92 Å². The minimum atomic E-state index is -3.57. The van der Waals surface area contributed by atoms with Gasteiger partial charge < -0.3 is 9.80 Å². The van der Waals surface area contributed by atoms with Gasteiger partial charge in [-0.2, -0.15) is 0 Å². The number of amides is 1. The van der Waals surface area contributed by atoms with Crippen LogP contribution in [0.5, 0.6) is 0 Å². The maximum absolute atomic E-state index is 12.8. The summed E-state index contributed by atoms with van der Waals surface area (Å²) < 4.78 is 28.4. The highest BCUT2D eigenvalue weighted by Crippen LogP contribution is 2.37. The topological polar surface area (TPSA) is 73.0 Å². The number of hydrogen-bond acceptors (Lipinski definition) is 5. The number of anilines is 2. The van der Waals surface area contributed by atoms with E-state index in [9.17, 15) is 13.2 Å². The van der Waals surface area contributed by atoms with E-state index in [0.717, 1.165) is 50.3 Å². The lowest BCUT2D eigenvalue weighted by molar-refractivity contribution is -0.119. The molecule has 1 aliphatic carbocycles. The summed E-state index contributed by atoms with van der Waals surface area (Å²) in [7, 11) is -3.57. The van der Waals surface area contributed by atoms with E-state index in [1.54, 1.807) is 18.2 Å². The summed E-state index contributed by atoms with van der Waals surface area (Å²) >= 11 is 0. The van der Waals surface area contributed by atoms with Gasteiger partial charge in [0.05, 0.1) is 4.90 Å². The Kier molecular flexibility index (Phi) is 5.92. The molecule has 8 heteroatoms. The fourth-order valence-electron chi connectivity index (χ4n) is 4.61. The Hall–Kier alpha value is -2.42. The third-order valence-corrected chi connectivity index (χ3v) is 8.12. The molecule has 32 heavy (non-hydrogen) atoms. The molecule has 1 amide bonds. The Morgan fingerprint density at radius 2 is 1.72 bits per heavy atom. The van der Waals surface area contributed by atoms with Crippen LogP contribution in [0.15, 0.2) is 53.4 Å². The molecular weight excluding hydrogens is 424 g/mol. The predicted octanol–water partition coefficient (Wildman–Crippen LogP) is 2.09. The molecular formula is C24H30N4O3S. The summed E-state index contributed by atoms with van der Waals surface area (Å²) in [4.78, 5) is 19.2. The van der Waals surface area contributed by atoms with Crippen LogP contribution in [0.1, 0.15) is 18.4 Å². The molecule has 0 spiro atoms. The summed E-state index contributed by atoms with van der Waals surface area (Å²) in [5.74, 6) is 0.352. The van der Waals surface area contributed by atoms with Crippen molar-refractivity contribution in [3.63, 3.8) is 0 Å². The minimum Gasteiger partial charge on any atom is -0.369 e. The summed E-state index contributed by atoms with van der Waals surface area (Å²) in [6.45, 7) is 5.44. The number of nitrogens with zero attached hydrogens (tertiary/aromatic N) is 3. The molecule has 2 fully saturated rings. The van der Waals surface area contributed by atoms with Crippen molar-refractivity contribution in [3.8, 4) is 0 Å². The maximum Gasteiger partial charge on any atom is 0.240 e. The number of hydrogen-bond donors (Lipinski definition) is 1. The van der Waals surface area contributed by atoms with Crippen molar-refractivity contribution < 1.29 is 13.2 Å². The summed E-state index contributed by atoms with van der Waals surface area (Å²) in [6.07, 6.45) is 2.66. The van der Waals surface area contributed by atoms with Crippen LogP contribution in [0.2, 0.25) is 0 Å². The molecule has 2 aromatic carbocycles. The molecule has 0 radical (unpaired) electrons. The van der Waals surface area contributed by atoms with E-state index in [-0.39, 0.29) is 16.7 Å². The lowest BCUT2D eigenvalue weighted by Gasteiger charge is -2.36. The Bertz CT molecular complexity index is 1080. The molecule has 1 saturated heterocycles. The first-order chi connectivity index (χ1) is 15.5. The molecule has 0 aromatic heterocycles. The molecule has 170 valence electrons. The molecule has 2 aromatic rings. The van der Waals surface area contributed by atoms with Crippen LogP contribution < -0.4 is 14.5 Å². The SMILES string of the molecule is O=C(C1CC1)N1CCc2cc(S(=O)(=O)NCCN3CCN(c4ccccc4)CC3)ccc21. The van der Waals surface area contributed by atoms with E-state index in [0.29, 0.717) is 26.1 Å². The second-order valence-corrected chi connectivity index (χ2v) is 10.6. The first-order valence-electron chi connectivity index (χ1n) is 11.5. The zero-order valence-corrected chi connectivity index (χ0v) is 19.1. The number of rotatable bonds is 7. The van der Waals surface area contributed by atoms with Gasteiger partial charge in [-0.25, -0.2) is 13.1 Å². The van der Waals surface area contributed by atoms with Crippen LogP contribution >= 0.6 is 0 Å². The number of carbonyl (C=O) groups is 1. The highest BCUT2D eigenvalue weighted by molar-refractivity contribution is 7.89. The van der Waals surface area contributed by atoms with E-state index < -0.39 is 10.0 Å². The number of nitrogens with one attached hydrogen (secondary N) is 1. The second-order valence-electron chi connectivity index (χ2n) is 8.87. The van der Waals surface area contributed by atoms with Gasteiger partial charge in [-0.15, -0.1) is 0 Å². The van der Waals surface area contributed by atoms with Gasteiger partial charge in [0, 0.05) is 63.1 Å². The quantitative estimate of drug-likeness (QED) is 0.694. The third-order valence-electron chi connectivity index (χ3n) is 6.66. The lowest BCUT2D eigenvalue weighted by Crippen LogP contribution is -2.48. The Balaban J connectivity index is 1.13. The summed E-state index contributed by atoms with van der Waals surface area (Å²) in [6, 6.07) is 15.5. The number of sulfonamides is 1. The van der Waals surface area contributed by atoms with E-state index in [1.165, 1.54) is 5.69 Å². The van der Waals surface area contributed by atoms with Crippen molar-refractivity contribution in [1.82, 2.24) is 9.62 Å². The van der Waals surface area contributed by atoms with Gasteiger partial charge in [-0.05, 0) is 55.2 Å². The number of carbonyl (C=O) groups excluding carboxylic acids is 1. The van der Waals surface area contributed by atoms with E-state index >= 15 is 0 Å². The minimum absolute atomic E-state index is 0.167. The Morgan fingerprint density at radius 1 is 0.969 bits per heavy atom. The fourth-order valence-corrected chi connectivity index (χ4v) is 5.69. The van der Waals surface area contributed by atoms with Crippen molar-refractivity contribution in [2.45, 2.75) is 24.2 Å². The van der Waals surface area contributed by atoms with Crippen LogP contribution in [-0.2, 0) is 21.2 Å². The van der Waals surface area contributed by atoms with Crippen molar-refractivity contribution >= 4 is 27.3 Å². The zero-order valence-electron chi connectivity index (χ0n) is 18.2. The second kappa shape index (κ2) is 8.84. The molecule has 0 bridgehead atoms. The Labute approximate surface area is 190 Å². The van der Waals surface area contributed by atoms with Gasteiger partial charge in [-0.3, -0.25) is 9.69 Å². The highest BCUT2D eigenvalue weighted by Gasteiger charge is 2.36. The van der Waals surface area contributed by atoms with Crippen molar-refractivity contribution in [3.05, 3.63) is 54.1 Å². The summed E-state index contributed by atoms with van der Waals surface area (Å²) in [5, 5.41) is 0. The van der Waals surface area contributed by atoms with Gasteiger partial charge in [0.15, 0.2) is 0 Å².